The fourth-order valence-corrected chi connectivity index (χ4v) is 3.96. The highest BCUT2D eigenvalue weighted by atomic mass is 32.2. The largest absolute Gasteiger partial charge is 0.484 e. The summed E-state index contributed by atoms with van der Waals surface area (Å²) in [5, 5.41) is 2.70. The maximum absolute atomic E-state index is 13.0. The third-order valence-electron chi connectivity index (χ3n) is 4.41. The lowest BCUT2D eigenvalue weighted by atomic mass is 10.2. The second-order valence-corrected chi connectivity index (χ2v) is 8.83. The molecule has 0 bridgehead atoms. The molecule has 1 heterocycles. The first kappa shape index (κ1) is 21.3. The molecular formula is C22H23N3O4S. The minimum Gasteiger partial charge on any atom is -0.484 e. The number of carbonyl (C=O) groups is 1. The van der Waals surface area contributed by atoms with Gasteiger partial charge < -0.3 is 10.1 Å². The SMILES string of the molecule is Cc1ccc(S(=O)(=O)N(C)c2cc(C)cc(OCC(=O)Nc3ccncc3)c2)cc1. The van der Waals surface area contributed by atoms with Crippen LogP contribution >= 0.6 is 0 Å². The molecule has 1 aromatic heterocycles. The van der Waals surface area contributed by atoms with Gasteiger partial charge in [-0.15, -0.1) is 0 Å². The number of nitrogens with one attached hydrogen (secondary N) is 1. The van der Waals surface area contributed by atoms with Crippen molar-refractivity contribution in [1.82, 2.24) is 4.98 Å². The molecule has 30 heavy (non-hydrogen) atoms. The van der Waals surface area contributed by atoms with Crippen LogP contribution in [0.25, 0.3) is 0 Å². The van der Waals surface area contributed by atoms with Crippen LogP contribution in [-0.4, -0.2) is 33.0 Å². The predicted molar refractivity (Wildman–Crippen MR) is 116 cm³/mol. The van der Waals surface area contributed by atoms with Crippen LogP contribution in [-0.2, 0) is 14.8 Å². The zero-order valence-electron chi connectivity index (χ0n) is 17.0. The van der Waals surface area contributed by atoms with Crippen LogP contribution in [0.4, 0.5) is 11.4 Å². The topological polar surface area (TPSA) is 88.6 Å². The van der Waals surface area contributed by atoms with E-state index in [4.69, 9.17) is 4.74 Å². The number of aromatic nitrogens is 1. The lowest BCUT2D eigenvalue weighted by molar-refractivity contribution is -0.118. The van der Waals surface area contributed by atoms with Gasteiger partial charge in [-0.05, 0) is 55.8 Å². The Balaban J connectivity index is 1.74. The molecule has 3 rings (SSSR count). The Labute approximate surface area is 176 Å². The first-order chi connectivity index (χ1) is 14.3. The first-order valence-corrected chi connectivity index (χ1v) is 10.7. The maximum Gasteiger partial charge on any atom is 0.264 e. The molecule has 0 saturated heterocycles. The zero-order valence-corrected chi connectivity index (χ0v) is 17.8. The van der Waals surface area contributed by atoms with E-state index in [9.17, 15) is 13.2 Å². The van der Waals surface area contributed by atoms with E-state index in [2.05, 4.69) is 10.3 Å². The van der Waals surface area contributed by atoms with Gasteiger partial charge in [0, 0.05) is 31.2 Å². The number of hydrogen-bond acceptors (Lipinski definition) is 5. The summed E-state index contributed by atoms with van der Waals surface area (Å²) >= 11 is 0. The van der Waals surface area contributed by atoms with Crippen molar-refractivity contribution in [3.63, 3.8) is 0 Å². The van der Waals surface area contributed by atoms with Crippen molar-refractivity contribution in [1.29, 1.82) is 0 Å². The summed E-state index contributed by atoms with van der Waals surface area (Å²) in [6, 6.07) is 15.1. The average molecular weight is 426 g/mol. The summed E-state index contributed by atoms with van der Waals surface area (Å²) in [5.41, 5.74) is 2.85. The summed E-state index contributed by atoms with van der Waals surface area (Å²) in [6.07, 6.45) is 3.15. The fraction of sp³-hybridized carbons (Fsp3) is 0.182. The van der Waals surface area contributed by atoms with Crippen LogP contribution in [0.1, 0.15) is 11.1 Å². The Morgan fingerprint density at radius 2 is 1.67 bits per heavy atom. The molecule has 2 aromatic carbocycles. The van der Waals surface area contributed by atoms with Crippen LogP contribution in [0.5, 0.6) is 5.75 Å². The first-order valence-electron chi connectivity index (χ1n) is 9.26. The number of amides is 1. The van der Waals surface area contributed by atoms with Crippen LogP contribution < -0.4 is 14.4 Å². The minimum absolute atomic E-state index is 0.205. The minimum atomic E-state index is -3.72. The van der Waals surface area contributed by atoms with Gasteiger partial charge in [0.25, 0.3) is 15.9 Å². The molecule has 1 N–H and O–H groups in total. The number of anilines is 2. The van der Waals surface area contributed by atoms with E-state index in [0.29, 0.717) is 17.1 Å². The molecule has 0 radical (unpaired) electrons. The predicted octanol–water partition coefficient (Wildman–Crippen LogP) is 3.54. The molecule has 0 spiro atoms. The van der Waals surface area contributed by atoms with E-state index in [-0.39, 0.29) is 17.4 Å². The number of aryl methyl sites for hydroxylation is 2. The second kappa shape index (κ2) is 8.96. The van der Waals surface area contributed by atoms with Gasteiger partial charge in [0.2, 0.25) is 0 Å². The van der Waals surface area contributed by atoms with Crippen molar-refractivity contribution in [2.45, 2.75) is 18.7 Å². The lowest BCUT2D eigenvalue weighted by Crippen LogP contribution is -2.26. The molecule has 0 aliphatic heterocycles. The maximum atomic E-state index is 13.0. The van der Waals surface area contributed by atoms with Gasteiger partial charge >= 0.3 is 0 Å². The Kier molecular flexibility index (Phi) is 6.37. The molecule has 7 nitrogen and oxygen atoms in total. The summed E-state index contributed by atoms with van der Waals surface area (Å²) in [6.45, 7) is 3.52. The molecular weight excluding hydrogens is 402 g/mol. The molecule has 0 unspecified atom stereocenters. The second-order valence-electron chi connectivity index (χ2n) is 6.86. The molecule has 0 atom stereocenters. The number of hydrogen-bond donors (Lipinski definition) is 1. The van der Waals surface area contributed by atoms with E-state index in [1.807, 2.05) is 13.8 Å². The van der Waals surface area contributed by atoms with Crippen LogP contribution in [0.3, 0.4) is 0 Å². The Bertz CT molecular complexity index is 1130. The molecule has 0 aliphatic carbocycles. The summed E-state index contributed by atoms with van der Waals surface area (Å²) in [4.78, 5) is 16.2. The van der Waals surface area contributed by atoms with E-state index in [0.717, 1.165) is 11.1 Å². The standard InChI is InChI=1S/C22H23N3O4S/c1-16-4-6-21(7-5-16)30(27,28)25(3)19-12-17(2)13-20(14-19)29-15-22(26)24-18-8-10-23-11-9-18/h4-14H,15H2,1-3H3,(H,23,24,26). The van der Waals surface area contributed by atoms with Crippen molar-refractivity contribution < 1.29 is 17.9 Å². The van der Waals surface area contributed by atoms with Crippen molar-refractivity contribution in [2.24, 2.45) is 0 Å². The summed E-state index contributed by atoms with van der Waals surface area (Å²) < 4.78 is 32.7. The van der Waals surface area contributed by atoms with E-state index in [1.54, 1.807) is 67.0 Å². The summed E-state index contributed by atoms with van der Waals surface area (Å²) in [7, 11) is -2.23. The van der Waals surface area contributed by atoms with Gasteiger partial charge in [0.15, 0.2) is 6.61 Å². The summed E-state index contributed by atoms with van der Waals surface area (Å²) in [5.74, 6) is 0.0747. The number of rotatable bonds is 7. The number of pyridine rings is 1. The van der Waals surface area contributed by atoms with E-state index >= 15 is 0 Å². The molecule has 1 amide bonds. The number of nitrogens with zero attached hydrogens (tertiary/aromatic N) is 2. The van der Waals surface area contributed by atoms with Gasteiger partial charge in [0.1, 0.15) is 5.75 Å². The number of ether oxygens (including phenoxy) is 1. The van der Waals surface area contributed by atoms with Crippen LogP contribution in [0.2, 0.25) is 0 Å². The Morgan fingerprint density at radius 1 is 1.00 bits per heavy atom. The molecule has 8 heteroatoms. The van der Waals surface area contributed by atoms with Gasteiger partial charge in [0.05, 0.1) is 10.6 Å². The third-order valence-corrected chi connectivity index (χ3v) is 6.21. The quantitative estimate of drug-likeness (QED) is 0.625. The zero-order chi connectivity index (χ0) is 21.7. The van der Waals surface area contributed by atoms with Crippen molar-refractivity contribution in [2.75, 3.05) is 23.3 Å². The molecule has 156 valence electrons. The van der Waals surface area contributed by atoms with Crippen molar-refractivity contribution >= 4 is 27.3 Å². The monoisotopic (exact) mass is 425 g/mol. The van der Waals surface area contributed by atoms with Crippen LogP contribution in [0, 0.1) is 13.8 Å². The average Bonchev–Trinajstić information content (AvgIpc) is 2.72. The highest BCUT2D eigenvalue weighted by Gasteiger charge is 2.22. The normalized spacial score (nSPS) is 11.0. The molecule has 0 saturated carbocycles. The Morgan fingerprint density at radius 3 is 2.33 bits per heavy atom. The number of sulfonamides is 1. The van der Waals surface area contributed by atoms with Gasteiger partial charge in [-0.3, -0.25) is 14.1 Å². The molecule has 0 aliphatic rings. The highest BCUT2D eigenvalue weighted by molar-refractivity contribution is 7.92. The van der Waals surface area contributed by atoms with Gasteiger partial charge in [-0.1, -0.05) is 17.7 Å². The van der Waals surface area contributed by atoms with Gasteiger partial charge in [-0.25, -0.2) is 8.42 Å². The van der Waals surface area contributed by atoms with Crippen molar-refractivity contribution in [3.8, 4) is 5.75 Å². The number of benzene rings is 2. The number of carbonyl (C=O) groups excluding carboxylic acids is 1. The third kappa shape index (κ3) is 5.15. The van der Waals surface area contributed by atoms with Crippen molar-refractivity contribution in [3.05, 3.63) is 78.1 Å². The van der Waals surface area contributed by atoms with E-state index < -0.39 is 10.0 Å². The van der Waals surface area contributed by atoms with E-state index in [1.165, 1.54) is 11.4 Å². The Hall–Kier alpha value is -3.39. The lowest BCUT2D eigenvalue weighted by Gasteiger charge is -2.21. The highest BCUT2D eigenvalue weighted by Crippen LogP contribution is 2.27. The van der Waals surface area contributed by atoms with Crippen LogP contribution in [0.15, 0.2) is 71.9 Å². The smallest absolute Gasteiger partial charge is 0.264 e. The van der Waals surface area contributed by atoms with Gasteiger partial charge in [-0.2, -0.15) is 0 Å². The molecule has 3 aromatic rings. The fourth-order valence-electron chi connectivity index (χ4n) is 2.78. The molecule has 0 fully saturated rings.